The number of methoxy groups -OCH3 is 2. The first-order chi connectivity index (χ1) is 16.2. The summed E-state index contributed by atoms with van der Waals surface area (Å²) in [7, 11) is 2.32. The molecule has 0 aliphatic carbocycles. The fraction of sp³-hybridized carbons (Fsp3) is 0.348. The Morgan fingerprint density at radius 2 is 1.79 bits per heavy atom. The summed E-state index contributed by atoms with van der Waals surface area (Å²) in [5, 5.41) is 0.385. The topological polar surface area (TPSA) is 117 Å². The van der Waals surface area contributed by atoms with E-state index in [2.05, 4.69) is 4.98 Å². The number of nitrogens with zero attached hydrogens (tertiary/aromatic N) is 3. The molecule has 182 valence electrons. The number of hydrogen-bond acceptors (Lipinski definition) is 8. The van der Waals surface area contributed by atoms with E-state index in [1.807, 2.05) is 0 Å². The summed E-state index contributed by atoms with van der Waals surface area (Å²) >= 11 is 0. The molecule has 0 spiro atoms. The van der Waals surface area contributed by atoms with Crippen LogP contribution in [0.1, 0.15) is 18.4 Å². The van der Waals surface area contributed by atoms with Gasteiger partial charge in [0.15, 0.2) is 11.5 Å². The van der Waals surface area contributed by atoms with Crippen molar-refractivity contribution in [2.45, 2.75) is 30.9 Å². The van der Waals surface area contributed by atoms with Gasteiger partial charge in [0, 0.05) is 33.1 Å². The standard InChI is InChI=1S/C23H27N3O7S/c1-25(2)34(29,30)17-8-5-7-16(11-17)14-33-22(27)9-6-10-26-15-24-19-13-21(32-4)20(31-3)12-18(19)23(26)28/h5,7-8,11-13,15H,6,9-10,14H2,1-4H3. The van der Waals surface area contributed by atoms with Gasteiger partial charge in [0.05, 0.1) is 36.3 Å². The SMILES string of the molecule is COc1cc2ncn(CCCC(=O)OCc3cccc(S(=O)(=O)N(C)C)c3)c(=O)c2cc1OC. The highest BCUT2D eigenvalue weighted by molar-refractivity contribution is 7.89. The average molecular weight is 490 g/mol. The summed E-state index contributed by atoms with van der Waals surface area (Å²) in [6.07, 6.45) is 1.89. The third-order valence-electron chi connectivity index (χ3n) is 5.19. The molecule has 34 heavy (non-hydrogen) atoms. The minimum Gasteiger partial charge on any atom is -0.493 e. The molecule has 10 nitrogen and oxygen atoms in total. The number of hydrogen-bond donors (Lipinski definition) is 0. The maximum absolute atomic E-state index is 12.8. The Balaban J connectivity index is 1.59. The largest absolute Gasteiger partial charge is 0.493 e. The summed E-state index contributed by atoms with van der Waals surface area (Å²) in [5.74, 6) is 0.457. The number of fused-ring (bicyclic) bond motifs is 1. The van der Waals surface area contributed by atoms with Crippen LogP contribution in [0.3, 0.4) is 0 Å². The van der Waals surface area contributed by atoms with Crippen molar-refractivity contribution in [2.75, 3.05) is 28.3 Å². The van der Waals surface area contributed by atoms with E-state index in [0.29, 0.717) is 34.4 Å². The van der Waals surface area contributed by atoms with Gasteiger partial charge < -0.3 is 14.2 Å². The van der Waals surface area contributed by atoms with E-state index in [4.69, 9.17) is 14.2 Å². The molecule has 0 aliphatic rings. The van der Waals surface area contributed by atoms with Crippen molar-refractivity contribution < 1.29 is 27.4 Å². The number of sulfonamides is 1. The predicted molar refractivity (Wildman–Crippen MR) is 125 cm³/mol. The summed E-state index contributed by atoms with van der Waals surface area (Å²) in [6.45, 7) is 0.233. The van der Waals surface area contributed by atoms with E-state index >= 15 is 0 Å². The molecule has 1 aromatic heterocycles. The van der Waals surface area contributed by atoms with Gasteiger partial charge in [0.1, 0.15) is 6.61 Å². The zero-order valence-electron chi connectivity index (χ0n) is 19.5. The van der Waals surface area contributed by atoms with E-state index < -0.39 is 16.0 Å². The molecular formula is C23H27N3O7S. The highest BCUT2D eigenvalue weighted by atomic mass is 32.2. The lowest BCUT2D eigenvalue weighted by Crippen LogP contribution is -2.22. The van der Waals surface area contributed by atoms with Gasteiger partial charge in [-0.15, -0.1) is 0 Å². The summed E-state index contributed by atoms with van der Waals surface area (Å²) in [6, 6.07) is 9.47. The summed E-state index contributed by atoms with van der Waals surface area (Å²) in [4.78, 5) is 29.4. The van der Waals surface area contributed by atoms with Crippen LogP contribution in [0.5, 0.6) is 11.5 Å². The molecule has 0 amide bonds. The van der Waals surface area contributed by atoms with Crippen LogP contribution in [0, 0.1) is 0 Å². The molecule has 0 aliphatic heterocycles. The van der Waals surface area contributed by atoms with E-state index in [0.717, 1.165) is 4.31 Å². The summed E-state index contributed by atoms with van der Waals surface area (Å²) in [5.41, 5.74) is 0.797. The third kappa shape index (κ3) is 5.54. The van der Waals surface area contributed by atoms with Crippen LogP contribution in [0.4, 0.5) is 0 Å². The van der Waals surface area contributed by atoms with E-state index in [1.54, 1.807) is 24.3 Å². The molecule has 0 radical (unpaired) electrons. The normalized spacial score (nSPS) is 11.6. The highest BCUT2D eigenvalue weighted by Gasteiger charge is 2.17. The Hall–Kier alpha value is -3.44. The lowest BCUT2D eigenvalue weighted by atomic mass is 10.2. The monoisotopic (exact) mass is 489 g/mol. The fourth-order valence-corrected chi connectivity index (χ4v) is 4.25. The molecule has 0 saturated heterocycles. The number of aromatic nitrogens is 2. The van der Waals surface area contributed by atoms with Crippen LogP contribution in [0.25, 0.3) is 10.9 Å². The van der Waals surface area contributed by atoms with E-state index in [9.17, 15) is 18.0 Å². The van der Waals surface area contributed by atoms with Crippen LogP contribution in [-0.2, 0) is 32.7 Å². The third-order valence-corrected chi connectivity index (χ3v) is 7.00. The molecule has 0 fully saturated rings. The van der Waals surface area contributed by atoms with Crippen LogP contribution in [0.2, 0.25) is 0 Å². The molecule has 0 unspecified atom stereocenters. The highest BCUT2D eigenvalue weighted by Crippen LogP contribution is 2.29. The number of rotatable bonds is 10. The Morgan fingerprint density at radius 3 is 2.47 bits per heavy atom. The van der Waals surface area contributed by atoms with Crippen molar-refractivity contribution in [2.24, 2.45) is 0 Å². The quantitative estimate of drug-likeness (QED) is 0.398. The minimum atomic E-state index is -3.57. The van der Waals surface area contributed by atoms with Gasteiger partial charge in [-0.3, -0.25) is 14.2 Å². The van der Waals surface area contributed by atoms with E-state index in [1.165, 1.54) is 51.3 Å². The Bertz CT molecular complexity index is 1350. The van der Waals surface area contributed by atoms with Gasteiger partial charge in [0.2, 0.25) is 10.0 Å². The van der Waals surface area contributed by atoms with Crippen molar-refractivity contribution in [3.8, 4) is 11.5 Å². The maximum atomic E-state index is 12.8. The van der Waals surface area contributed by atoms with Crippen molar-refractivity contribution in [3.63, 3.8) is 0 Å². The second-order valence-electron chi connectivity index (χ2n) is 7.67. The lowest BCUT2D eigenvalue weighted by Gasteiger charge is -2.12. The second-order valence-corrected chi connectivity index (χ2v) is 9.82. The maximum Gasteiger partial charge on any atom is 0.306 e. The number of benzene rings is 2. The smallest absolute Gasteiger partial charge is 0.306 e. The molecule has 3 aromatic rings. The Morgan fingerprint density at radius 1 is 1.09 bits per heavy atom. The van der Waals surface area contributed by atoms with E-state index in [-0.39, 0.29) is 30.0 Å². The molecule has 0 saturated carbocycles. The summed E-state index contributed by atoms with van der Waals surface area (Å²) < 4.78 is 42.8. The van der Waals surface area contributed by atoms with Gasteiger partial charge in [-0.25, -0.2) is 17.7 Å². The van der Waals surface area contributed by atoms with Crippen molar-refractivity contribution >= 4 is 26.9 Å². The van der Waals surface area contributed by atoms with Crippen LogP contribution >= 0.6 is 0 Å². The number of carbonyl (C=O) groups excluding carboxylic acids is 1. The average Bonchev–Trinajstić information content (AvgIpc) is 2.83. The first-order valence-electron chi connectivity index (χ1n) is 10.5. The van der Waals surface area contributed by atoms with Gasteiger partial charge >= 0.3 is 5.97 Å². The van der Waals surface area contributed by atoms with Gasteiger partial charge in [-0.05, 0) is 30.2 Å². The Kier molecular flexibility index (Phi) is 7.90. The Labute approximate surface area is 197 Å². The molecule has 3 rings (SSSR count). The predicted octanol–water partition coefficient (Wildman–Crippen LogP) is 2.19. The molecule has 0 N–H and O–H groups in total. The number of esters is 1. The molecule has 0 bridgehead atoms. The zero-order chi connectivity index (χ0) is 24.9. The number of aryl methyl sites for hydroxylation is 1. The number of ether oxygens (including phenoxy) is 3. The van der Waals surface area contributed by atoms with Gasteiger partial charge in [0.25, 0.3) is 5.56 Å². The molecule has 0 atom stereocenters. The fourth-order valence-electron chi connectivity index (χ4n) is 3.28. The van der Waals surface area contributed by atoms with Crippen LogP contribution < -0.4 is 15.0 Å². The first-order valence-corrected chi connectivity index (χ1v) is 11.9. The molecule has 2 aromatic carbocycles. The van der Waals surface area contributed by atoms with Crippen molar-refractivity contribution in [3.05, 3.63) is 58.6 Å². The molecule has 11 heteroatoms. The lowest BCUT2D eigenvalue weighted by molar-refractivity contribution is -0.145. The minimum absolute atomic E-state index is 0.0469. The van der Waals surface area contributed by atoms with Crippen molar-refractivity contribution in [1.82, 2.24) is 13.9 Å². The van der Waals surface area contributed by atoms with Crippen LogP contribution in [0.15, 0.2) is 52.4 Å². The van der Waals surface area contributed by atoms with Crippen molar-refractivity contribution in [1.29, 1.82) is 0 Å². The van der Waals surface area contributed by atoms with Gasteiger partial charge in [-0.1, -0.05) is 12.1 Å². The second kappa shape index (κ2) is 10.7. The zero-order valence-corrected chi connectivity index (χ0v) is 20.3. The van der Waals surface area contributed by atoms with Gasteiger partial charge in [-0.2, -0.15) is 0 Å². The first kappa shape index (κ1) is 25.2. The molecule has 1 heterocycles. The molecular weight excluding hydrogens is 462 g/mol. The van der Waals surface area contributed by atoms with Crippen LogP contribution in [-0.4, -0.2) is 56.6 Å². The number of carbonyl (C=O) groups is 1.